The zero-order valence-corrected chi connectivity index (χ0v) is 9.45. The van der Waals surface area contributed by atoms with E-state index in [0.717, 1.165) is 11.4 Å². The van der Waals surface area contributed by atoms with Gasteiger partial charge in [-0.15, -0.1) is 0 Å². The second-order valence-electron chi connectivity index (χ2n) is 3.21. The average molecular weight is 224 g/mol. The summed E-state index contributed by atoms with van der Waals surface area (Å²) in [5.74, 6) is 1.06. The minimum absolute atomic E-state index is 0.287. The van der Waals surface area contributed by atoms with E-state index in [1.165, 1.54) is 0 Å². The van der Waals surface area contributed by atoms with Gasteiger partial charge in [-0.3, -0.25) is 4.79 Å². The van der Waals surface area contributed by atoms with Crippen LogP contribution >= 0.6 is 0 Å². The highest BCUT2D eigenvalue weighted by Crippen LogP contribution is 2.28. The Morgan fingerprint density at radius 2 is 2.12 bits per heavy atom. The fraction of sp³-hybridized carbons (Fsp3) is 0.364. The van der Waals surface area contributed by atoms with Gasteiger partial charge >= 0.3 is 0 Å². The normalized spacial score (nSPS) is 9.62. The molecule has 0 radical (unpaired) electrons. The van der Waals surface area contributed by atoms with Crippen molar-refractivity contribution in [3.05, 3.63) is 18.2 Å². The van der Waals surface area contributed by atoms with Gasteiger partial charge in [0, 0.05) is 19.0 Å². The number of nitrogens with one attached hydrogen (secondary N) is 1. The maximum atomic E-state index is 10.6. The number of carbonyl (C=O) groups is 1. The van der Waals surface area contributed by atoms with Gasteiger partial charge < -0.3 is 20.5 Å². The standard InChI is InChI=1S/C11H16N2O3/c1-15-8-3-4-9(10(7-8)16-2)13-6-5-11(12)14/h3-4,7,13H,5-6H2,1-2H3,(H2,12,14). The molecule has 16 heavy (non-hydrogen) atoms. The lowest BCUT2D eigenvalue weighted by atomic mass is 10.2. The molecule has 0 spiro atoms. The third kappa shape index (κ3) is 3.34. The second kappa shape index (κ2) is 5.85. The summed E-state index contributed by atoms with van der Waals surface area (Å²) in [5.41, 5.74) is 5.85. The number of primary amides is 1. The minimum Gasteiger partial charge on any atom is -0.497 e. The highest BCUT2D eigenvalue weighted by Gasteiger charge is 2.04. The molecule has 5 heteroatoms. The van der Waals surface area contributed by atoms with Crippen LogP contribution in [0, 0.1) is 0 Å². The van der Waals surface area contributed by atoms with Crippen molar-refractivity contribution in [1.29, 1.82) is 0 Å². The number of hydrogen-bond acceptors (Lipinski definition) is 4. The quantitative estimate of drug-likeness (QED) is 0.755. The monoisotopic (exact) mass is 224 g/mol. The number of amides is 1. The van der Waals surface area contributed by atoms with E-state index in [-0.39, 0.29) is 12.3 Å². The summed E-state index contributed by atoms with van der Waals surface area (Å²) in [6, 6.07) is 5.42. The summed E-state index contributed by atoms with van der Waals surface area (Å²) in [6.45, 7) is 0.484. The molecular weight excluding hydrogens is 208 g/mol. The van der Waals surface area contributed by atoms with E-state index in [2.05, 4.69) is 5.32 Å². The van der Waals surface area contributed by atoms with Gasteiger partial charge in [-0.05, 0) is 12.1 Å². The number of carbonyl (C=O) groups excluding carboxylic acids is 1. The van der Waals surface area contributed by atoms with Crippen molar-refractivity contribution < 1.29 is 14.3 Å². The topological polar surface area (TPSA) is 73.6 Å². The van der Waals surface area contributed by atoms with Gasteiger partial charge in [-0.1, -0.05) is 0 Å². The van der Waals surface area contributed by atoms with Crippen LogP contribution in [-0.4, -0.2) is 26.7 Å². The third-order valence-corrected chi connectivity index (χ3v) is 2.10. The molecule has 1 amide bonds. The lowest BCUT2D eigenvalue weighted by Crippen LogP contribution is -2.16. The number of hydrogen-bond donors (Lipinski definition) is 2. The maximum absolute atomic E-state index is 10.6. The Hall–Kier alpha value is -1.91. The summed E-state index contributed by atoms with van der Waals surface area (Å²) in [7, 11) is 3.17. The van der Waals surface area contributed by atoms with Crippen molar-refractivity contribution in [1.82, 2.24) is 0 Å². The second-order valence-corrected chi connectivity index (χ2v) is 3.21. The Labute approximate surface area is 94.5 Å². The molecule has 0 heterocycles. The van der Waals surface area contributed by atoms with Crippen molar-refractivity contribution in [3.63, 3.8) is 0 Å². The van der Waals surface area contributed by atoms with Crippen LogP contribution in [0.1, 0.15) is 6.42 Å². The lowest BCUT2D eigenvalue weighted by molar-refractivity contribution is -0.117. The molecule has 0 aliphatic rings. The molecule has 1 rings (SSSR count). The van der Waals surface area contributed by atoms with E-state index >= 15 is 0 Å². The predicted octanol–water partition coefficient (Wildman–Crippen LogP) is 0.991. The van der Waals surface area contributed by atoms with Crippen LogP contribution in [0.4, 0.5) is 5.69 Å². The number of rotatable bonds is 6. The van der Waals surface area contributed by atoms with E-state index in [4.69, 9.17) is 15.2 Å². The van der Waals surface area contributed by atoms with Crippen LogP contribution in [0.25, 0.3) is 0 Å². The number of methoxy groups -OCH3 is 2. The summed E-state index contributed by atoms with van der Waals surface area (Å²) in [6.07, 6.45) is 0.287. The fourth-order valence-electron chi connectivity index (χ4n) is 1.26. The zero-order valence-electron chi connectivity index (χ0n) is 9.45. The molecule has 0 fully saturated rings. The van der Waals surface area contributed by atoms with Crippen molar-refractivity contribution in [3.8, 4) is 11.5 Å². The average Bonchev–Trinajstić information content (AvgIpc) is 2.29. The lowest BCUT2D eigenvalue weighted by Gasteiger charge is -2.11. The molecule has 0 aliphatic heterocycles. The van der Waals surface area contributed by atoms with E-state index in [0.29, 0.717) is 12.3 Å². The van der Waals surface area contributed by atoms with Crippen LogP contribution in [0.5, 0.6) is 11.5 Å². The van der Waals surface area contributed by atoms with E-state index in [1.807, 2.05) is 12.1 Å². The summed E-state index contributed by atoms with van der Waals surface area (Å²) in [4.78, 5) is 10.6. The molecule has 0 saturated carbocycles. The van der Waals surface area contributed by atoms with Gasteiger partial charge in [0.25, 0.3) is 0 Å². The first-order chi connectivity index (χ1) is 7.67. The Kier molecular flexibility index (Phi) is 4.44. The first-order valence-electron chi connectivity index (χ1n) is 4.91. The molecule has 1 aromatic rings. The largest absolute Gasteiger partial charge is 0.497 e. The fourth-order valence-corrected chi connectivity index (χ4v) is 1.26. The number of ether oxygens (including phenoxy) is 2. The van der Waals surface area contributed by atoms with Crippen molar-refractivity contribution in [2.75, 3.05) is 26.1 Å². The number of nitrogens with two attached hydrogens (primary N) is 1. The molecule has 5 nitrogen and oxygen atoms in total. The van der Waals surface area contributed by atoms with Crippen LogP contribution in [0.2, 0.25) is 0 Å². The molecule has 3 N–H and O–H groups in total. The molecule has 0 aliphatic carbocycles. The van der Waals surface area contributed by atoms with Crippen LogP contribution in [0.15, 0.2) is 18.2 Å². The Balaban J connectivity index is 2.68. The molecule has 1 aromatic carbocycles. The summed E-state index contributed by atoms with van der Waals surface area (Å²) in [5, 5.41) is 3.07. The van der Waals surface area contributed by atoms with Crippen molar-refractivity contribution in [2.45, 2.75) is 6.42 Å². The summed E-state index contributed by atoms with van der Waals surface area (Å²) >= 11 is 0. The molecule has 0 saturated heterocycles. The van der Waals surface area contributed by atoms with Crippen molar-refractivity contribution in [2.24, 2.45) is 5.73 Å². The minimum atomic E-state index is -0.333. The SMILES string of the molecule is COc1ccc(NCCC(N)=O)c(OC)c1. The van der Waals surface area contributed by atoms with E-state index < -0.39 is 0 Å². The van der Waals surface area contributed by atoms with Gasteiger partial charge in [-0.25, -0.2) is 0 Å². The maximum Gasteiger partial charge on any atom is 0.219 e. The predicted molar refractivity (Wildman–Crippen MR) is 61.8 cm³/mol. The molecule has 88 valence electrons. The van der Waals surface area contributed by atoms with Crippen LogP contribution < -0.4 is 20.5 Å². The molecule has 0 atom stereocenters. The van der Waals surface area contributed by atoms with Crippen LogP contribution in [0.3, 0.4) is 0 Å². The van der Waals surface area contributed by atoms with Gasteiger partial charge in [0.05, 0.1) is 19.9 Å². The van der Waals surface area contributed by atoms with E-state index in [9.17, 15) is 4.79 Å². The molecule has 0 aromatic heterocycles. The smallest absolute Gasteiger partial charge is 0.219 e. The zero-order chi connectivity index (χ0) is 12.0. The Bertz CT molecular complexity index is 366. The molecule has 0 bridgehead atoms. The summed E-state index contributed by atoms with van der Waals surface area (Å²) < 4.78 is 10.3. The van der Waals surface area contributed by atoms with E-state index in [1.54, 1.807) is 20.3 Å². The Morgan fingerprint density at radius 1 is 1.38 bits per heavy atom. The van der Waals surface area contributed by atoms with Crippen LogP contribution in [-0.2, 0) is 4.79 Å². The number of benzene rings is 1. The van der Waals surface area contributed by atoms with Gasteiger partial charge in [0.15, 0.2) is 0 Å². The van der Waals surface area contributed by atoms with Gasteiger partial charge in [0.2, 0.25) is 5.91 Å². The Morgan fingerprint density at radius 3 is 2.69 bits per heavy atom. The molecule has 0 unspecified atom stereocenters. The third-order valence-electron chi connectivity index (χ3n) is 2.10. The molecular formula is C11H16N2O3. The van der Waals surface area contributed by atoms with Gasteiger partial charge in [0.1, 0.15) is 11.5 Å². The van der Waals surface area contributed by atoms with Gasteiger partial charge in [-0.2, -0.15) is 0 Å². The highest BCUT2D eigenvalue weighted by atomic mass is 16.5. The first kappa shape index (κ1) is 12.2. The number of anilines is 1. The highest BCUT2D eigenvalue weighted by molar-refractivity contribution is 5.74. The van der Waals surface area contributed by atoms with Crippen molar-refractivity contribution >= 4 is 11.6 Å². The first-order valence-corrected chi connectivity index (χ1v) is 4.91.